The Morgan fingerprint density at radius 2 is 1.80 bits per heavy atom. The number of carbonyl (C=O) groups excluding carboxylic acids is 2. The molecule has 1 unspecified atom stereocenters. The third-order valence-electron chi connectivity index (χ3n) is 1.77. The molecule has 0 radical (unpaired) electrons. The molecule has 0 saturated carbocycles. The van der Waals surface area contributed by atoms with Crippen LogP contribution in [0, 0.1) is 5.92 Å². The summed E-state index contributed by atoms with van der Waals surface area (Å²) in [5, 5.41) is 0. The van der Waals surface area contributed by atoms with Crippen LogP contribution in [0.4, 0.5) is 0 Å². The molecule has 0 aromatic carbocycles. The van der Waals surface area contributed by atoms with Crippen molar-refractivity contribution in [2.24, 2.45) is 11.7 Å². The number of nitrogens with two attached hydrogens (primary N) is 1. The molecular formula is C9H18NO4P. The van der Waals surface area contributed by atoms with Crippen LogP contribution in [0.3, 0.4) is 0 Å². The molecule has 0 aliphatic heterocycles. The molecule has 0 rings (SSSR count). The minimum absolute atomic E-state index is 0.302. The zero-order chi connectivity index (χ0) is 12.0. The number of hydrogen-bond acceptors (Lipinski definition) is 5. The quantitative estimate of drug-likeness (QED) is 0.558. The lowest BCUT2D eigenvalue weighted by Gasteiger charge is -2.16. The predicted molar refractivity (Wildman–Crippen MR) is 58.8 cm³/mol. The van der Waals surface area contributed by atoms with Gasteiger partial charge in [-0.25, -0.2) is 4.79 Å². The molecule has 0 heterocycles. The van der Waals surface area contributed by atoms with Gasteiger partial charge in [0.25, 0.3) is 0 Å². The van der Waals surface area contributed by atoms with Gasteiger partial charge in [-0.05, 0) is 19.3 Å². The van der Waals surface area contributed by atoms with Crippen LogP contribution >= 0.6 is 9.47 Å². The Labute approximate surface area is 92.0 Å². The maximum atomic E-state index is 11.3. The molecule has 6 heteroatoms. The van der Waals surface area contributed by atoms with Gasteiger partial charge in [-0.2, -0.15) is 0 Å². The van der Waals surface area contributed by atoms with E-state index in [0.29, 0.717) is 12.3 Å². The summed E-state index contributed by atoms with van der Waals surface area (Å²) in [7, 11) is 1.80. The number of esters is 1. The zero-order valence-electron chi connectivity index (χ0n) is 9.23. The van der Waals surface area contributed by atoms with E-state index in [1.807, 2.05) is 13.8 Å². The van der Waals surface area contributed by atoms with E-state index in [-0.39, 0.29) is 0 Å². The van der Waals surface area contributed by atoms with Crippen molar-refractivity contribution < 1.29 is 18.8 Å². The van der Waals surface area contributed by atoms with Gasteiger partial charge < -0.3 is 15.0 Å². The normalized spacial score (nSPS) is 14.5. The molecule has 88 valence electrons. The smallest absolute Gasteiger partial charge is 0.349 e. The summed E-state index contributed by atoms with van der Waals surface area (Å²) in [5.74, 6) is -0.895. The SMILES string of the molecule is CC(C)C[C@H](N)C(=O)O[C@@H](C)C(=O)OP. The van der Waals surface area contributed by atoms with Gasteiger partial charge in [-0.1, -0.05) is 13.8 Å². The molecule has 0 aromatic heterocycles. The van der Waals surface area contributed by atoms with E-state index in [4.69, 9.17) is 10.5 Å². The van der Waals surface area contributed by atoms with Gasteiger partial charge in [0, 0.05) is 0 Å². The van der Waals surface area contributed by atoms with Crippen molar-refractivity contribution in [3.05, 3.63) is 0 Å². The Morgan fingerprint density at radius 1 is 1.27 bits per heavy atom. The van der Waals surface area contributed by atoms with E-state index in [1.54, 1.807) is 9.47 Å². The maximum absolute atomic E-state index is 11.3. The van der Waals surface area contributed by atoms with Gasteiger partial charge in [0.15, 0.2) is 6.10 Å². The van der Waals surface area contributed by atoms with Crippen molar-refractivity contribution in [1.82, 2.24) is 0 Å². The summed E-state index contributed by atoms with van der Waals surface area (Å²) in [6.07, 6.45) is -0.394. The van der Waals surface area contributed by atoms with Crippen molar-refractivity contribution in [3.63, 3.8) is 0 Å². The first kappa shape index (κ1) is 14.3. The Morgan fingerprint density at radius 3 is 2.20 bits per heavy atom. The summed E-state index contributed by atoms with van der Waals surface area (Å²) >= 11 is 0. The van der Waals surface area contributed by atoms with Crippen LogP contribution in [0.1, 0.15) is 27.2 Å². The molecule has 5 nitrogen and oxygen atoms in total. The summed E-state index contributed by atoms with van der Waals surface area (Å²) in [6, 6.07) is -0.690. The van der Waals surface area contributed by atoms with Gasteiger partial charge in [-0.15, -0.1) is 0 Å². The average molecular weight is 235 g/mol. The zero-order valence-corrected chi connectivity index (χ0v) is 10.4. The third kappa shape index (κ3) is 5.70. The van der Waals surface area contributed by atoms with Crippen molar-refractivity contribution in [2.45, 2.75) is 39.3 Å². The molecule has 0 fully saturated rings. The number of hydrogen-bond donors (Lipinski definition) is 1. The van der Waals surface area contributed by atoms with Crippen LogP contribution in [-0.4, -0.2) is 24.1 Å². The van der Waals surface area contributed by atoms with Gasteiger partial charge in [0.2, 0.25) is 0 Å². The lowest BCUT2D eigenvalue weighted by molar-refractivity contribution is -0.161. The first-order chi connectivity index (χ1) is 6.88. The molecule has 0 spiro atoms. The lowest BCUT2D eigenvalue weighted by atomic mass is 10.1. The highest BCUT2D eigenvalue weighted by Gasteiger charge is 2.23. The molecule has 0 aliphatic carbocycles. The van der Waals surface area contributed by atoms with Crippen molar-refractivity contribution in [1.29, 1.82) is 0 Å². The van der Waals surface area contributed by atoms with E-state index in [0.717, 1.165) is 0 Å². The minimum atomic E-state index is -0.923. The van der Waals surface area contributed by atoms with Crippen LogP contribution in [-0.2, 0) is 18.8 Å². The van der Waals surface area contributed by atoms with Crippen LogP contribution in [0.25, 0.3) is 0 Å². The van der Waals surface area contributed by atoms with Crippen molar-refractivity contribution in [3.8, 4) is 0 Å². The summed E-state index contributed by atoms with van der Waals surface area (Å²) in [5.41, 5.74) is 5.58. The lowest BCUT2D eigenvalue weighted by Crippen LogP contribution is -2.37. The van der Waals surface area contributed by atoms with Crippen LogP contribution in [0.15, 0.2) is 0 Å². The predicted octanol–water partition coefficient (Wildman–Crippen LogP) is 0.625. The van der Waals surface area contributed by atoms with Crippen LogP contribution < -0.4 is 5.73 Å². The number of rotatable bonds is 5. The first-order valence-electron chi connectivity index (χ1n) is 4.75. The van der Waals surface area contributed by atoms with Crippen molar-refractivity contribution in [2.75, 3.05) is 0 Å². The maximum Gasteiger partial charge on any atom is 0.349 e. The minimum Gasteiger partial charge on any atom is -0.449 e. The fraction of sp³-hybridized carbons (Fsp3) is 0.778. The second-order valence-corrected chi connectivity index (χ2v) is 3.99. The van der Waals surface area contributed by atoms with E-state index < -0.39 is 24.1 Å². The van der Waals surface area contributed by atoms with Crippen LogP contribution in [0.2, 0.25) is 0 Å². The molecule has 0 saturated heterocycles. The largest absolute Gasteiger partial charge is 0.449 e. The van der Waals surface area contributed by atoms with Gasteiger partial charge in [-0.3, -0.25) is 4.79 Å². The number of carbonyl (C=O) groups is 2. The van der Waals surface area contributed by atoms with E-state index in [1.165, 1.54) is 6.92 Å². The van der Waals surface area contributed by atoms with E-state index in [2.05, 4.69) is 4.52 Å². The molecule has 0 amide bonds. The average Bonchev–Trinajstić information content (AvgIpc) is 2.15. The second-order valence-electron chi connectivity index (χ2n) is 3.75. The van der Waals surface area contributed by atoms with Crippen LogP contribution in [0.5, 0.6) is 0 Å². The topological polar surface area (TPSA) is 78.6 Å². The molecule has 2 N–H and O–H groups in total. The second kappa shape index (κ2) is 6.75. The highest BCUT2D eigenvalue weighted by molar-refractivity contribution is 7.10. The van der Waals surface area contributed by atoms with Crippen molar-refractivity contribution >= 4 is 21.4 Å². The van der Waals surface area contributed by atoms with E-state index in [9.17, 15) is 9.59 Å². The first-order valence-corrected chi connectivity index (χ1v) is 5.22. The summed E-state index contributed by atoms with van der Waals surface area (Å²) in [4.78, 5) is 22.3. The number of ether oxygens (including phenoxy) is 1. The molecular weight excluding hydrogens is 217 g/mol. The van der Waals surface area contributed by atoms with Gasteiger partial charge in [0.05, 0.1) is 9.47 Å². The Kier molecular flexibility index (Phi) is 6.45. The van der Waals surface area contributed by atoms with Gasteiger partial charge >= 0.3 is 11.9 Å². The van der Waals surface area contributed by atoms with E-state index >= 15 is 0 Å². The monoisotopic (exact) mass is 235 g/mol. The molecule has 0 aliphatic rings. The summed E-state index contributed by atoms with van der Waals surface area (Å²) in [6.45, 7) is 5.34. The Bertz CT molecular complexity index is 232. The fourth-order valence-corrected chi connectivity index (χ4v) is 1.20. The highest BCUT2D eigenvalue weighted by atomic mass is 31.0. The molecule has 15 heavy (non-hydrogen) atoms. The Hall–Kier alpha value is -0.670. The highest BCUT2D eigenvalue weighted by Crippen LogP contribution is 2.06. The van der Waals surface area contributed by atoms with Gasteiger partial charge in [0.1, 0.15) is 6.04 Å². The summed E-state index contributed by atoms with van der Waals surface area (Å²) < 4.78 is 9.15. The third-order valence-corrected chi connectivity index (χ3v) is 2.00. The molecule has 3 atom stereocenters. The molecule has 0 aromatic rings. The molecule has 0 bridgehead atoms. The standard InChI is InChI=1S/C9H18NO4P/c1-5(2)4-7(10)9(12)13-6(3)8(11)14-15/h5-7H,4,10,15H2,1-3H3/t6-,7-/m0/s1. The Balaban J connectivity index is 4.07. The fourth-order valence-electron chi connectivity index (χ4n) is 1.01.